The van der Waals surface area contributed by atoms with Crippen molar-refractivity contribution in [3.05, 3.63) is 42.0 Å². The molecule has 1 spiro atoms. The van der Waals surface area contributed by atoms with E-state index in [2.05, 4.69) is 41.7 Å². The Morgan fingerprint density at radius 1 is 0.742 bits per heavy atom. The van der Waals surface area contributed by atoms with Gasteiger partial charge < -0.3 is 10.1 Å². The zero-order valence-corrected chi connectivity index (χ0v) is 19.1. The average molecular weight is 418 g/mol. The van der Waals surface area contributed by atoms with Gasteiger partial charge in [-0.3, -0.25) is 0 Å². The molecule has 0 atom stereocenters. The van der Waals surface area contributed by atoms with Crippen molar-refractivity contribution in [1.29, 1.82) is 0 Å². The summed E-state index contributed by atoms with van der Waals surface area (Å²) in [5.74, 6) is 2.08. The van der Waals surface area contributed by atoms with E-state index in [-0.39, 0.29) is 0 Å². The van der Waals surface area contributed by atoms with Crippen LogP contribution in [0.5, 0.6) is 5.75 Å². The minimum absolute atomic E-state index is 0.414. The number of hydrogen-bond donors (Lipinski definition) is 1. The summed E-state index contributed by atoms with van der Waals surface area (Å²) in [4.78, 5) is 0. The van der Waals surface area contributed by atoms with Gasteiger partial charge in [0, 0.05) is 12.1 Å². The Balaban J connectivity index is 1.08. The van der Waals surface area contributed by atoms with E-state index in [9.17, 15) is 0 Å². The maximum atomic E-state index is 6.44. The van der Waals surface area contributed by atoms with Gasteiger partial charge in [-0.15, -0.1) is 0 Å². The second-order valence-electron chi connectivity index (χ2n) is 11.5. The fourth-order valence-electron chi connectivity index (χ4n) is 7.40. The SMILES string of the molecule is c1cc2cc(OC3CCC4(CCCC4)CC3)ccc2cc1CNC12CCC(CC1)CC2. The number of benzene rings is 2. The Kier molecular flexibility index (Phi) is 5.25. The Labute approximate surface area is 188 Å². The third kappa shape index (κ3) is 4.13. The van der Waals surface area contributed by atoms with Crippen LogP contribution in [0, 0.1) is 11.3 Å². The minimum Gasteiger partial charge on any atom is -0.490 e. The van der Waals surface area contributed by atoms with Crippen LogP contribution in [0.3, 0.4) is 0 Å². The molecule has 0 aromatic heterocycles. The van der Waals surface area contributed by atoms with E-state index in [0.717, 1.165) is 18.2 Å². The summed E-state index contributed by atoms with van der Waals surface area (Å²) in [6.07, 6.45) is 20.0. The van der Waals surface area contributed by atoms with Crippen molar-refractivity contribution in [3.63, 3.8) is 0 Å². The molecule has 0 aliphatic heterocycles. The highest BCUT2D eigenvalue weighted by molar-refractivity contribution is 5.84. The number of hydrogen-bond acceptors (Lipinski definition) is 2. The molecule has 166 valence electrons. The largest absolute Gasteiger partial charge is 0.490 e. The van der Waals surface area contributed by atoms with Crippen molar-refractivity contribution in [3.8, 4) is 5.75 Å². The van der Waals surface area contributed by atoms with Crippen molar-refractivity contribution in [2.45, 2.75) is 108 Å². The molecule has 0 amide bonds. The molecule has 2 heteroatoms. The Morgan fingerprint density at radius 3 is 2.16 bits per heavy atom. The van der Waals surface area contributed by atoms with Crippen LogP contribution in [0.25, 0.3) is 10.8 Å². The van der Waals surface area contributed by atoms with Crippen molar-refractivity contribution in [1.82, 2.24) is 5.32 Å². The number of nitrogens with one attached hydrogen (secondary N) is 1. The molecule has 5 saturated carbocycles. The third-order valence-corrected chi connectivity index (χ3v) is 9.60. The molecule has 5 aliphatic carbocycles. The lowest BCUT2D eigenvalue weighted by Gasteiger charge is -2.47. The van der Waals surface area contributed by atoms with E-state index in [1.807, 2.05) is 0 Å². The molecule has 0 radical (unpaired) electrons. The fourth-order valence-corrected chi connectivity index (χ4v) is 7.40. The molecule has 0 heterocycles. The molecule has 2 aromatic rings. The maximum Gasteiger partial charge on any atom is 0.120 e. The lowest BCUT2D eigenvalue weighted by Crippen LogP contribution is -2.51. The quantitative estimate of drug-likeness (QED) is 0.543. The van der Waals surface area contributed by atoms with Crippen molar-refractivity contribution in [2.75, 3.05) is 0 Å². The van der Waals surface area contributed by atoms with Gasteiger partial charge in [0.05, 0.1) is 6.10 Å². The monoisotopic (exact) mass is 417 g/mol. The number of rotatable bonds is 5. The van der Waals surface area contributed by atoms with Crippen LogP contribution in [0.2, 0.25) is 0 Å². The summed E-state index contributed by atoms with van der Waals surface area (Å²) >= 11 is 0. The van der Waals surface area contributed by atoms with Gasteiger partial charge >= 0.3 is 0 Å². The van der Waals surface area contributed by atoms with Crippen LogP contribution in [0.1, 0.15) is 95.5 Å². The van der Waals surface area contributed by atoms with Crippen LogP contribution in [0.4, 0.5) is 0 Å². The Hall–Kier alpha value is -1.54. The van der Waals surface area contributed by atoms with Gasteiger partial charge in [0.25, 0.3) is 0 Å². The highest BCUT2D eigenvalue weighted by atomic mass is 16.5. The summed E-state index contributed by atoms with van der Waals surface area (Å²) < 4.78 is 6.44. The molecule has 5 aliphatic rings. The second kappa shape index (κ2) is 8.10. The smallest absolute Gasteiger partial charge is 0.120 e. The van der Waals surface area contributed by atoms with Crippen molar-refractivity contribution in [2.24, 2.45) is 11.3 Å². The molecule has 7 rings (SSSR count). The van der Waals surface area contributed by atoms with Crippen molar-refractivity contribution >= 4 is 10.8 Å². The first-order valence-corrected chi connectivity index (χ1v) is 13.1. The second-order valence-corrected chi connectivity index (χ2v) is 11.5. The molecule has 31 heavy (non-hydrogen) atoms. The van der Waals surface area contributed by atoms with Crippen LogP contribution in [-0.4, -0.2) is 11.6 Å². The van der Waals surface area contributed by atoms with E-state index in [0.29, 0.717) is 17.1 Å². The first-order chi connectivity index (χ1) is 15.2. The average Bonchev–Trinajstić information content (AvgIpc) is 3.29. The Morgan fingerprint density at radius 2 is 1.42 bits per heavy atom. The molecule has 5 fully saturated rings. The molecule has 2 nitrogen and oxygen atoms in total. The highest BCUT2D eigenvalue weighted by Crippen LogP contribution is 2.49. The van der Waals surface area contributed by atoms with Gasteiger partial charge in [0.2, 0.25) is 0 Å². The lowest BCUT2D eigenvalue weighted by atomic mass is 9.66. The first-order valence-electron chi connectivity index (χ1n) is 13.1. The molecule has 1 N–H and O–H groups in total. The zero-order valence-electron chi connectivity index (χ0n) is 19.1. The van der Waals surface area contributed by atoms with E-state index in [4.69, 9.17) is 4.74 Å². The maximum absolute atomic E-state index is 6.44. The molecular formula is C29H39NO. The van der Waals surface area contributed by atoms with E-state index in [1.54, 1.807) is 0 Å². The van der Waals surface area contributed by atoms with Crippen molar-refractivity contribution < 1.29 is 4.74 Å². The topological polar surface area (TPSA) is 21.3 Å². The van der Waals surface area contributed by atoms with E-state index < -0.39 is 0 Å². The Bertz CT molecular complexity index is 896. The van der Waals surface area contributed by atoms with Gasteiger partial charge in [0.1, 0.15) is 5.75 Å². The molecule has 2 aromatic carbocycles. The fraction of sp³-hybridized carbons (Fsp3) is 0.655. The van der Waals surface area contributed by atoms with E-state index in [1.165, 1.54) is 106 Å². The predicted octanol–water partition coefficient (Wildman–Crippen LogP) is 7.53. The minimum atomic E-state index is 0.414. The summed E-state index contributed by atoms with van der Waals surface area (Å²) in [6.45, 7) is 1.00. The van der Waals surface area contributed by atoms with Crippen LogP contribution >= 0.6 is 0 Å². The van der Waals surface area contributed by atoms with Crippen LogP contribution in [0.15, 0.2) is 36.4 Å². The van der Waals surface area contributed by atoms with Gasteiger partial charge in [-0.1, -0.05) is 31.0 Å². The normalized spacial score (nSPS) is 30.3. The highest BCUT2D eigenvalue weighted by Gasteiger charge is 2.40. The molecule has 2 bridgehead atoms. The first kappa shape index (κ1) is 20.1. The molecule has 0 saturated heterocycles. The predicted molar refractivity (Wildman–Crippen MR) is 128 cm³/mol. The lowest BCUT2D eigenvalue weighted by molar-refractivity contribution is 0.0825. The zero-order chi connectivity index (χ0) is 20.7. The standard InChI is InChI=1S/C29H39NO/c1-2-13-28(12-1)14-10-26(11-15-28)31-27-6-5-24-19-23(3-4-25(24)20-27)21-30-29-16-7-22(8-17-29)9-18-29/h3-6,19-20,22,26,30H,1-2,7-18,21H2. The molecule has 0 unspecified atom stereocenters. The summed E-state index contributed by atoms with van der Waals surface area (Å²) in [7, 11) is 0. The van der Waals surface area contributed by atoms with Gasteiger partial charge in [0.15, 0.2) is 0 Å². The van der Waals surface area contributed by atoms with Crippen LogP contribution in [-0.2, 0) is 6.54 Å². The summed E-state index contributed by atoms with van der Waals surface area (Å²) in [5, 5.41) is 6.61. The van der Waals surface area contributed by atoms with Gasteiger partial charge in [-0.2, -0.15) is 0 Å². The number of fused-ring (bicyclic) bond motifs is 4. The van der Waals surface area contributed by atoms with Gasteiger partial charge in [-0.25, -0.2) is 0 Å². The third-order valence-electron chi connectivity index (χ3n) is 9.60. The van der Waals surface area contributed by atoms with Gasteiger partial charge in [-0.05, 0) is 123 Å². The number of ether oxygens (including phenoxy) is 1. The van der Waals surface area contributed by atoms with E-state index >= 15 is 0 Å². The summed E-state index contributed by atoms with van der Waals surface area (Å²) in [5.41, 5.74) is 2.53. The molecular weight excluding hydrogens is 378 g/mol. The van der Waals surface area contributed by atoms with Crippen LogP contribution < -0.4 is 10.1 Å². The summed E-state index contributed by atoms with van der Waals surface area (Å²) in [6, 6.07) is 13.7.